The molecule has 0 amide bonds. The number of nitrogens with zero attached hydrogens (tertiary/aromatic N) is 4. The van der Waals surface area contributed by atoms with Gasteiger partial charge in [0.2, 0.25) is 0 Å². The zero-order chi connectivity index (χ0) is 20.8. The van der Waals surface area contributed by atoms with Gasteiger partial charge in [-0.3, -0.25) is 4.68 Å². The van der Waals surface area contributed by atoms with E-state index in [9.17, 15) is 4.39 Å². The second-order valence-corrected chi connectivity index (χ2v) is 8.18. The number of halogens is 3. The molecule has 0 N–H and O–H groups in total. The van der Waals surface area contributed by atoms with Crippen molar-refractivity contribution >= 4 is 34.2 Å². The first kappa shape index (κ1) is 21.7. The van der Waals surface area contributed by atoms with Gasteiger partial charge in [-0.15, -0.1) is 12.4 Å². The maximum Gasteiger partial charge on any atom is 0.151 e. The lowest BCUT2D eigenvalue weighted by molar-refractivity contribution is 0.222. The molecule has 31 heavy (non-hydrogen) atoms. The molecule has 0 unspecified atom stereocenters. The normalized spacial score (nSPS) is 15.5. The van der Waals surface area contributed by atoms with Crippen molar-refractivity contribution in [3.63, 3.8) is 0 Å². The Morgan fingerprint density at radius 3 is 2.45 bits per heavy atom. The van der Waals surface area contributed by atoms with Gasteiger partial charge < -0.3 is 4.90 Å². The highest BCUT2D eigenvalue weighted by atomic mass is 35.5. The van der Waals surface area contributed by atoms with E-state index in [0.717, 1.165) is 43.4 Å². The van der Waals surface area contributed by atoms with Crippen LogP contribution >= 0.6 is 12.4 Å². The highest BCUT2D eigenvalue weighted by Gasteiger charge is 2.21. The first-order valence-corrected chi connectivity index (χ1v) is 10.5. The summed E-state index contributed by atoms with van der Waals surface area (Å²) < 4.78 is 31.1. The molecule has 5 rings (SSSR count). The molecule has 0 spiro atoms. The van der Waals surface area contributed by atoms with Crippen molar-refractivity contribution in [2.45, 2.75) is 25.7 Å². The van der Waals surface area contributed by atoms with Crippen LogP contribution in [0.1, 0.15) is 31.2 Å². The molecule has 2 aromatic carbocycles. The molecular formula is C24H25ClF2N4. The van der Waals surface area contributed by atoms with Crippen LogP contribution in [-0.4, -0.2) is 39.3 Å². The lowest BCUT2D eigenvalue weighted by Gasteiger charge is -2.31. The molecule has 0 aliphatic carbocycles. The predicted octanol–water partition coefficient (Wildman–Crippen LogP) is 5.69. The van der Waals surface area contributed by atoms with Gasteiger partial charge in [0.05, 0.1) is 5.69 Å². The van der Waals surface area contributed by atoms with Gasteiger partial charge in [-0.2, -0.15) is 5.10 Å². The van der Waals surface area contributed by atoms with Gasteiger partial charge in [-0.1, -0.05) is 13.0 Å². The van der Waals surface area contributed by atoms with Crippen LogP contribution < -0.4 is 0 Å². The van der Waals surface area contributed by atoms with E-state index in [2.05, 4.69) is 28.0 Å². The number of aromatic nitrogens is 3. The summed E-state index contributed by atoms with van der Waals surface area (Å²) in [6, 6.07) is 10.7. The average Bonchev–Trinajstić information content (AvgIpc) is 3.14. The van der Waals surface area contributed by atoms with Crippen molar-refractivity contribution in [2.75, 3.05) is 19.6 Å². The van der Waals surface area contributed by atoms with Crippen LogP contribution in [0.15, 0.2) is 42.6 Å². The number of fused-ring (bicyclic) bond motifs is 2. The van der Waals surface area contributed by atoms with Crippen molar-refractivity contribution in [3.05, 3.63) is 59.8 Å². The minimum absolute atomic E-state index is 0. The smallest absolute Gasteiger partial charge is 0.151 e. The lowest BCUT2D eigenvalue weighted by Crippen LogP contribution is -2.32. The van der Waals surface area contributed by atoms with Crippen molar-refractivity contribution in [1.82, 2.24) is 19.7 Å². The summed E-state index contributed by atoms with van der Waals surface area (Å²) >= 11 is 0. The Morgan fingerprint density at radius 2 is 1.71 bits per heavy atom. The molecule has 7 heteroatoms. The summed E-state index contributed by atoms with van der Waals surface area (Å²) in [7, 11) is 1.76. The molecule has 0 saturated carbocycles. The van der Waals surface area contributed by atoms with Crippen LogP contribution in [0.5, 0.6) is 0 Å². The van der Waals surface area contributed by atoms with Gasteiger partial charge in [0.25, 0.3) is 0 Å². The second-order valence-electron chi connectivity index (χ2n) is 8.18. The molecule has 0 radical (unpaired) electrons. The fourth-order valence-corrected chi connectivity index (χ4v) is 4.55. The molecule has 0 bridgehead atoms. The van der Waals surface area contributed by atoms with Crippen LogP contribution in [0.4, 0.5) is 8.78 Å². The summed E-state index contributed by atoms with van der Waals surface area (Å²) in [5.41, 5.74) is 2.87. The van der Waals surface area contributed by atoms with E-state index in [1.165, 1.54) is 6.07 Å². The maximum atomic E-state index is 15.0. The third-order valence-corrected chi connectivity index (χ3v) is 6.25. The van der Waals surface area contributed by atoms with E-state index in [1.54, 1.807) is 24.0 Å². The average molecular weight is 443 g/mol. The molecule has 4 aromatic rings. The Morgan fingerprint density at radius 1 is 0.968 bits per heavy atom. The van der Waals surface area contributed by atoms with Gasteiger partial charge in [0.1, 0.15) is 16.9 Å². The van der Waals surface area contributed by atoms with E-state index in [1.807, 2.05) is 18.2 Å². The summed E-state index contributed by atoms with van der Waals surface area (Å²) in [5, 5.41) is 5.62. The molecule has 4 nitrogen and oxygen atoms in total. The van der Waals surface area contributed by atoms with E-state index in [-0.39, 0.29) is 18.2 Å². The van der Waals surface area contributed by atoms with E-state index < -0.39 is 5.82 Å². The number of likely N-dealkylation sites (tertiary alicyclic amines) is 1. The molecule has 1 fully saturated rings. The molecule has 162 valence electrons. The van der Waals surface area contributed by atoms with E-state index in [4.69, 9.17) is 0 Å². The minimum atomic E-state index is -0.403. The SMILES string of the molecule is CCN1CCC(c2cc(F)c3nc(-c4cc(F)c5nn(C)cc5c4)ccc3c2)CC1.Cl. The van der Waals surface area contributed by atoms with E-state index >= 15 is 4.39 Å². The first-order chi connectivity index (χ1) is 14.5. The quantitative estimate of drug-likeness (QED) is 0.409. The molecule has 0 atom stereocenters. The van der Waals surface area contributed by atoms with Gasteiger partial charge in [0.15, 0.2) is 5.82 Å². The largest absolute Gasteiger partial charge is 0.304 e. The zero-order valence-corrected chi connectivity index (χ0v) is 18.4. The van der Waals surface area contributed by atoms with Crippen molar-refractivity contribution in [2.24, 2.45) is 7.05 Å². The van der Waals surface area contributed by atoms with Crippen LogP contribution in [0.2, 0.25) is 0 Å². The summed E-state index contributed by atoms with van der Waals surface area (Å²) in [5.74, 6) is -0.335. The summed E-state index contributed by atoms with van der Waals surface area (Å²) in [6.45, 7) is 5.36. The van der Waals surface area contributed by atoms with Crippen molar-refractivity contribution in [1.29, 1.82) is 0 Å². The molecule has 1 saturated heterocycles. The Hall–Kier alpha value is -2.57. The Labute approximate surface area is 186 Å². The summed E-state index contributed by atoms with van der Waals surface area (Å²) in [4.78, 5) is 6.96. The third kappa shape index (κ3) is 4.02. The highest BCUT2D eigenvalue weighted by molar-refractivity contribution is 5.87. The Bertz CT molecular complexity index is 1250. The standard InChI is InChI=1S/C24H24F2N4.ClH/c1-3-30-8-6-15(7-9-30)17-10-16-4-5-22(27-23(16)20(25)12-17)18-11-19-14-29(2)28-24(19)21(26)13-18;/h4-5,10-15H,3,6-9H2,1-2H3;1H. The minimum Gasteiger partial charge on any atom is -0.304 e. The number of benzene rings is 2. The lowest BCUT2D eigenvalue weighted by atomic mass is 9.88. The number of aryl methyl sites for hydroxylation is 1. The number of piperidine rings is 1. The molecule has 1 aliphatic heterocycles. The first-order valence-electron chi connectivity index (χ1n) is 10.5. The number of hydrogen-bond acceptors (Lipinski definition) is 3. The van der Waals surface area contributed by atoms with Gasteiger partial charge in [-0.25, -0.2) is 13.8 Å². The molecular weight excluding hydrogens is 418 g/mol. The van der Waals surface area contributed by atoms with Gasteiger partial charge in [-0.05, 0) is 74.3 Å². The Kier molecular flexibility index (Phi) is 5.95. The fourth-order valence-electron chi connectivity index (χ4n) is 4.55. The monoisotopic (exact) mass is 442 g/mol. The fraction of sp³-hybridized carbons (Fsp3) is 0.333. The number of pyridine rings is 1. The van der Waals surface area contributed by atoms with Gasteiger partial charge >= 0.3 is 0 Å². The van der Waals surface area contributed by atoms with Crippen LogP contribution in [-0.2, 0) is 7.05 Å². The zero-order valence-electron chi connectivity index (χ0n) is 17.6. The predicted molar refractivity (Wildman–Crippen MR) is 123 cm³/mol. The third-order valence-electron chi connectivity index (χ3n) is 6.25. The second kappa shape index (κ2) is 8.52. The van der Waals surface area contributed by atoms with E-state index in [0.29, 0.717) is 33.6 Å². The number of rotatable bonds is 3. The number of hydrogen-bond donors (Lipinski definition) is 0. The van der Waals surface area contributed by atoms with Crippen molar-refractivity contribution in [3.8, 4) is 11.3 Å². The Balaban J connectivity index is 0.00000231. The van der Waals surface area contributed by atoms with Gasteiger partial charge in [0, 0.05) is 29.6 Å². The van der Waals surface area contributed by atoms with Crippen LogP contribution in [0.25, 0.3) is 33.1 Å². The van der Waals surface area contributed by atoms with Crippen molar-refractivity contribution < 1.29 is 8.78 Å². The summed E-state index contributed by atoms with van der Waals surface area (Å²) in [6.07, 6.45) is 3.86. The maximum absolute atomic E-state index is 15.0. The highest BCUT2D eigenvalue weighted by Crippen LogP contribution is 2.32. The molecule has 2 aromatic heterocycles. The topological polar surface area (TPSA) is 34.0 Å². The molecule has 3 heterocycles. The van der Waals surface area contributed by atoms with Crippen LogP contribution in [0, 0.1) is 11.6 Å². The molecule has 1 aliphatic rings. The van der Waals surface area contributed by atoms with Crippen LogP contribution in [0.3, 0.4) is 0 Å².